The molecule has 0 aromatic rings. The molecule has 0 amide bonds. The molecule has 1 rings (SSSR count). The van der Waals surface area contributed by atoms with Crippen molar-refractivity contribution in [1.29, 1.82) is 0 Å². The fourth-order valence-electron chi connectivity index (χ4n) is 1.37. The minimum Gasteiger partial charge on any atom is -0.369 e. The number of hydrogen-bond donors (Lipinski definition) is 0. The molecule has 1 aliphatic carbocycles. The maximum absolute atomic E-state index is 5.06. The van der Waals surface area contributed by atoms with Crippen LogP contribution in [0.1, 0.15) is 32.6 Å². The summed E-state index contributed by atoms with van der Waals surface area (Å²) in [7, 11) is 1.70. The zero-order valence-corrected chi connectivity index (χ0v) is 7.97. The van der Waals surface area contributed by atoms with Crippen molar-refractivity contribution >= 4 is 0 Å². The monoisotopic (exact) mass is 165 g/mol. The van der Waals surface area contributed by atoms with Crippen molar-refractivity contribution in [3.05, 3.63) is 6.42 Å². The van der Waals surface area contributed by atoms with Crippen molar-refractivity contribution in [2.75, 3.05) is 7.11 Å². The molecule has 0 bridgehead atoms. The molecule has 1 fully saturated rings. The quantitative estimate of drug-likeness (QED) is 0.542. The van der Waals surface area contributed by atoms with Crippen LogP contribution in [0.15, 0.2) is 0 Å². The Bertz CT molecular complexity index is 169. The molecule has 0 heterocycles. The molecular weight excluding hydrogens is 148 g/mol. The van der Waals surface area contributed by atoms with Crippen molar-refractivity contribution in [2.45, 2.75) is 38.7 Å². The van der Waals surface area contributed by atoms with Crippen LogP contribution in [0.2, 0.25) is 0 Å². The molecule has 1 radical (unpaired) electrons. The van der Waals surface area contributed by atoms with Gasteiger partial charge in [0, 0.05) is 13.0 Å². The van der Waals surface area contributed by atoms with E-state index in [1.165, 1.54) is 25.7 Å². The second-order valence-electron chi connectivity index (χ2n) is 3.31. The van der Waals surface area contributed by atoms with E-state index in [2.05, 4.69) is 18.3 Å². The number of hydrogen-bond acceptors (Lipinski definition) is 1. The third-order valence-electron chi connectivity index (χ3n) is 2.28. The molecule has 0 N–H and O–H groups in total. The topological polar surface area (TPSA) is 9.23 Å². The Balaban J connectivity index is 2.30. The van der Waals surface area contributed by atoms with Gasteiger partial charge in [0.1, 0.15) is 6.10 Å². The third-order valence-corrected chi connectivity index (χ3v) is 2.28. The molecule has 1 nitrogen and oxygen atoms in total. The van der Waals surface area contributed by atoms with Crippen molar-refractivity contribution in [1.82, 2.24) is 0 Å². The van der Waals surface area contributed by atoms with Crippen molar-refractivity contribution in [2.24, 2.45) is 5.92 Å². The first-order chi connectivity index (χ1) is 5.83. The van der Waals surface area contributed by atoms with E-state index < -0.39 is 0 Å². The SMILES string of the molecule is COC(C)C#CC1CC[CH]CC1. The van der Waals surface area contributed by atoms with Gasteiger partial charge in [0.2, 0.25) is 0 Å². The first kappa shape index (κ1) is 9.61. The van der Waals surface area contributed by atoms with Crippen LogP contribution in [0.3, 0.4) is 0 Å². The summed E-state index contributed by atoms with van der Waals surface area (Å²) in [6.07, 6.45) is 7.41. The van der Waals surface area contributed by atoms with E-state index in [-0.39, 0.29) is 6.10 Å². The summed E-state index contributed by atoms with van der Waals surface area (Å²) >= 11 is 0. The van der Waals surface area contributed by atoms with E-state index in [1.54, 1.807) is 7.11 Å². The molecule has 0 aliphatic heterocycles. The van der Waals surface area contributed by atoms with E-state index in [4.69, 9.17) is 4.74 Å². The van der Waals surface area contributed by atoms with Crippen LogP contribution in [0.25, 0.3) is 0 Å². The van der Waals surface area contributed by atoms with Crippen LogP contribution in [0, 0.1) is 24.2 Å². The van der Waals surface area contributed by atoms with Crippen LogP contribution in [-0.4, -0.2) is 13.2 Å². The molecule has 1 atom stereocenters. The highest BCUT2D eigenvalue weighted by molar-refractivity contribution is 5.08. The highest BCUT2D eigenvalue weighted by atomic mass is 16.5. The lowest BCUT2D eigenvalue weighted by molar-refractivity contribution is 0.163. The zero-order valence-electron chi connectivity index (χ0n) is 7.97. The standard InChI is InChI=1S/C11H17O/c1-10(12-2)8-9-11-6-4-3-5-7-11/h3,10-11H,4-7H2,1-2H3. The molecule has 0 aromatic heterocycles. The summed E-state index contributed by atoms with van der Waals surface area (Å²) in [5.41, 5.74) is 0. The molecular formula is C11H17O. The van der Waals surface area contributed by atoms with Crippen LogP contribution >= 0.6 is 0 Å². The van der Waals surface area contributed by atoms with Gasteiger partial charge in [-0.15, -0.1) is 0 Å². The lowest BCUT2D eigenvalue weighted by Gasteiger charge is -2.15. The van der Waals surface area contributed by atoms with Crippen molar-refractivity contribution in [3.8, 4) is 11.8 Å². The molecule has 1 heteroatoms. The average Bonchev–Trinajstić information content (AvgIpc) is 2.16. The van der Waals surface area contributed by atoms with E-state index in [9.17, 15) is 0 Å². The molecule has 67 valence electrons. The van der Waals surface area contributed by atoms with Gasteiger partial charge in [-0.1, -0.05) is 11.8 Å². The van der Waals surface area contributed by atoms with Gasteiger partial charge in [-0.3, -0.25) is 0 Å². The Morgan fingerprint density at radius 1 is 1.42 bits per heavy atom. The molecule has 1 aliphatic rings. The summed E-state index contributed by atoms with van der Waals surface area (Å²) in [6.45, 7) is 1.99. The Labute approximate surface area is 75.5 Å². The third kappa shape index (κ3) is 3.28. The van der Waals surface area contributed by atoms with Crippen molar-refractivity contribution in [3.63, 3.8) is 0 Å². The number of ether oxygens (including phenoxy) is 1. The molecule has 0 aromatic carbocycles. The highest BCUT2D eigenvalue weighted by Gasteiger charge is 2.10. The highest BCUT2D eigenvalue weighted by Crippen LogP contribution is 2.21. The predicted molar refractivity (Wildman–Crippen MR) is 50.5 cm³/mol. The summed E-state index contributed by atoms with van der Waals surface area (Å²) < 4.78 is 5.06. The molecule has 1 saturated carbocycles. The Kier molecular flexibility index (Phi) is 4.18. The lowest BCUT2D eigenvalue weighted by Crippen LogP contribution is -2.06. The molecule has 0 saturated heterocycles. The Hall–Kier alpha value is -0.480. The predicted octanol–water partition coefficient (Wildman–Crippen LogP) is 2.42. The van der Waals surface area contributed by atoms with Crippen LogP contribution in [0.4, 0.5) is 0 Å². The maximum atomic E-state index is 5.06. The normalized spacial score (nSPS) is 21.2. The van der Waals surface area contributed by atoms with Crippen LogP contribution < -0.4 is 0 Å². The van der Waals surface area contributed by atoms with Crippen LogP contribution in [0.5, 0.6) is 0 Å². The van der Waals surface area contributed by atoms with E-state index in [0.29, 0.717) is 5.92 Å². The summed E-state index contributed by atoms with van der Waals surface area (Å²) in [4.78, 5) is 0. The first-order valence-corrected chi connectivity index (χ1v) is 4.68. The smallest absolute Gasteiger partial charge is 0.115 e. The van der Waals surface area contributed by atoms with Gasteiger partial charge in [0.25, 0.3) is 0 Å². The molecule has 12 heavy (non-hydrogen) atoms. The Morgan fingerprint density at radius 3 is 2.67 bits per heavy atom. The van der Waals surface area contributed by atoms with E-state index >= 15 is 0 Å². The molecule has 1 unspecified atom stereocenters. The van der Waals surface area contributed by atoms with Gasteiger partial charge < -0.3 is 4.74 Å². The number of rotatable bonds is 1. The minimum atomic E-state index is 0.0934. The van der Waals surface area contributed by atoms with Gasteiger partial charge in [-0.25, -0.2) is 0 Å². The van der Waals surface area contributed by atoms with Gasteiger partial charge in [-0.05, 0) is 39.0 Å². The van der Waals surface area contributed by atoms with Gasteiger partial charge >= 0.3 is 0 Å². The largest absolute Gasteiger partial charge is 0.369 e. The summed E-state index contributed by atoms with van der Waals surface area (Å²) in [6, 6.07) is 0. The van der Waals surface area contributed by atoms with E-state index in [0.717, 1.165) is 0 Å². The molecule has 0 spiro atoms. The summed E-state index contributed by atoms with van der Waals surface area (Å²) in [5.74, 6) is 7.01. The van der Waals surface area contributed by atoms with Crippen LogP contribution in [-0.2, 0) is 4.74 Å². The first-order valence-electron chi connectivity index (χ1n) is 4.68. The fraction of sp³-hybridized carbons (Fsp3) is 0.727. The van der Waals surface area contributed by atoms with Gasteiger partial charge in [-0.2, -0.15) is 0 Å². The second kappa shape index (κ2) is 5.22. The van der Waals surface area contributed by atoms with Gasteiger partial charge in [0.05, 0.1) is 0 Å². The van der Waals surface area contributed by atoms with Gasteiger partial charge in [0.15, 0.2) is 0 Å². The lowest BCUT2D eigenvalue weighted by atomic mass is 9.90. The van der Waals surface area contributed by atoms with Crippen molar-refractivity contribution < 1.29 is 4.74 Å². The summed E-state index contributed by atoms with van der Waals surface area (Å²) in [5, 5.41) is 0. The maximum Gasteiger partial charge on any atom is 0.115 e. The van der Waals surface area contributed by atoms with E-state index in [1.807, 2.05) is 6.92 Å². The minimum absolute atomic E-state index is 0.0934. The Morgan fingerprint density at radius 2 is 2.08 bits per heavy atom. The average molecular weight is 165 g/mol. The second-order valence-corrected chi connectivity index (χ2v) is 3.31. The fourth-order valence-corrected chi connectivity index (χ4v) is 1.37. The number of methoxy groups -OCH3 is 1. The zero-order chi connectivity index (χ0) is 8.81.